The molecule has 0 atom stereocenters. The lowest BCUT2D eigenvalue weighted by Gasteiger charge is -2.09. The van der Waals surface area contributed by atoms with Gasteiger partial charge in [-0.2, -0.15) is 13.2 Å². The first-order valence-corrected chi connectivity index (χ1v) is 8.13. The van der Waals surface area contributed by atoms with Gasteiger partial charge in [-0.1, -0.05) is 24.3 Å². The number of ether oxygens (including phenoxy) is 1. The summed E-state index contributed by atoms with van der Waals surface area (Å²) in [6.45, 7) is 0.524. The average Bonchev–Trinajstić information content (AvgIpc) is 2.66. The van der Waals surface area contributed by atoms with Crippen molar-refractivity contribution in [3.05, 3.63) is 59.7 Å². The van der Waals surface area contributed by atoms with E-state index in [-0.39, 0.29) is 12.5 Å². The topological polar surface area (TPSA) is 67.4 Å². The third-order valence-corrected chi connectivity index (χ3v) is 3.71. The van der Waals surface area contributed by atoms with Gasteiger partial charge >= 0.3 is 6.18 Å². The van der Waals surface area contributed by atoms with Crippen LogP contribution >= 0.6 is 0 Å². The fourth-order valence-corrected chi connectivity index (χ4v) is 2.31. The van der Waals surface area contributed by atoms with E-state index < -0.39 is 17.6 Å². The number of benzene rings is 2. The molecule has 27 heavy (non-hydrogen) atoms. The predicted octanol–water partition coefficient (Wildman–Crippen LogP) is 2.86. The number of alkyl halides is 3. The number of halogens is 3. The fraction of sp³-hybridized carbons (Fsp3) is 0.263. The lowest BCUT2D eigenvalue weighted by Crippen LogP contribution is -2.38. The van der Waals surface area contributed by atoms with Crippen molar-refractivity contribution in [3.8, 4) is 11.1 Å². The van der Waals surface area contributed by atoms with Gasteiger partial charge in [0.15, 0.2) is 0 Å². The lowest BCUT2D eigenvalue weighted by molar-refractivity contribution is -0.137. The Morgan fingerprint density at radius 2 is 1.70 bits per heavy atom. The van der Waals surface area contributed by atoms with E-state index in [0.29, 0.717) is 29.8 Å². The molecule has 0 saturated heterocycles. The number of rotatable bonds is 7. The standard InChI is InChI=1S/C19H19F3N2O3/c1-27-10-9-23-17(25)12-24-18(26)15-4-2-3-14(11-15)13-5-7-16(8-6-13)19(20,21)22/h2-8,11H,9-10,12H2,1H3,(H,23,25)(H,24,26). The fourth-order valence-electron chi connectivity index (χ4n) is 2.31. The van der Waals surface area contributed by atoms with Crippen LogP contribution in [0.5, 0.6) is 0 Å². The number of hydrogen-bond donors (Lipinski definition) is 2. The van der Waals surface area contributed by atoms with Crippen LogP contribution in [-0.4, -0.2) is 38.6 Å². The van der Waals surface area contributed by atoms with E-state index in [2.05, 4.69) is 10.6 Å². The van der Waals surface area contributed by atoms with Gasteiger partial charge in [-0.25, -0.2) is 0 Å². The highest BCUT2D eigenvalue weighted by atomic mass is 19.4. The first-order valence-electron chi connectivity index (χ1n) is 8.13. The summed E-state index contributed by atoms with van der Waals surface area (Å²) in [5.74, 6) is -0.801. The first kappa shape index (κ1) is 20.4. The zero-order valence-electron chi connectivity index (χ0n) is 14.6. The van der Waals surface area contributed by atoms with Crippen LogP contribution in [0.3, 0.4) is 0 Å². The molecule has 0 radical (unpaired) electrons. The molecule has 0 aliphatic rings. The molecule has 0 aliphatic heterocycles. The van der Waals surface area contributed by atoms with Crippen molar-refractivity contribution in [1.29, 1.82) is 0 Å². The maximum atomic E-state index is 12.6. The van der Waals surface area contributed by atoms with Crippen molar-refractivity contribution >= 4 is 11.8 Å². The summed E-state index contributed by atoms with van der Waals surface area (Å²) in [7, 11) is 1.51. The van der Waals surface area contributed by atoms with Gasteiger partial charge in [0.05, 0.1) is 18.7 Å². The minimum absolute atomic E-state index is 0.187. The molecular formula is C19H19F3N2O3. The van der Waals surface area contributed by atoms with Crippen molar-refractivity contribution in [3.63, 3.8) is 0 Å². The molecule has 2 aromatic rings. The molecule has 144 valence electrons. The maximum absolute atomic E-state index is 12.6. The Morgan fingerprint density at radius 3 is 2.33 bits per heavy atom. The molecule has 0 fully saturated rings. The molecule has 2 aromatic carbocycles. The van der Waals surface area contributed by atoms with Crippen molar-refractivity contribution in [2.75, 3.05) is 26.8 Å². The summed E-state index contributed by atoms with van der Waals surface area (Å²) < 4.78 is 42.7. The van der Waals surface area contributed by atoms with Crippen LogP contribution < -0.4 is 10.6 Å². The second-order valence-corrected chi connectivity index (χ2v) is 5.68. The Bertz CT molecular complexity index is 790. The van der Waals surface area contributed by atoms with Crippen LogP contribution in [0.2, 0.25) is 0 Å². The highest BCUT2D eigenvalue weighted by molar-refractivity contribution is 5.97. The van der Waals surface area contributed by atoms with E-state index in [0.717, 1.165) is 12.1 Å². The molecule has 0 spiro atoms. The largest absolute Gasteiger partial charge is 0.416 e. The van der Waals surface area contributed by atoms with Crippen LogP contribution in [0.15, 0.2) is 48.5 Å². The van der Waals surface area contributed by atoms with Crippen LogP contribution in [-0.2, 0) is 15.7 Å². The third kappa shape index (κ3) is 6.10. The number of carbonyl (C=O) groups excluding carboxylic acids is 2. The Balaban J connectivity index is 2.02. The summed E-state index contributed by atoms with van der Waals surface area (Å²) in [5.41, 5.74) is 0.715. The molecule has 0 aliphatic carbocycles. The predicted molar refractivity (Wildman–Crippen MR) is 94.1 cm³/mol. The summed E-state index contributed by atoms with van der Waals surface area (Å²) in [6.07, 6.45) is -4.40. The number of nitrogens with one attached hydrogen (secondary N) is 2. The number of methoxy groups -OCH3 is 1. The zero-order chi connectivity index (χ0) is 19.9. The highest BCUT2D eigenvalue weighted by Crippen LogP contribution is 2.31. The maximum Gasteiger partial charge on any atom is 0.416 e. The summed E-state index contributed by atoms with van der Waals surface area (Å²) in [6, 6.07) is 11.1. The smallest absolute Gasteiger partial charge is 0.383 e. The lowest BCUT2D eigenvalue weighted by atomic mass is 10.0. The van der Waals surface area contributed by atoms with Crippen molar-refractivity contribution < 1.29 is 27.5 Å². The van der Waals surface area contributed by atoms with E-state index in [1.54, 1.807) is 24.3 Å². The van der Waals surface area contributed by atoms with Crippen molar-refractivity contribution in [1.82, 2.24) is 10.6 Å². The molecular weight excluding hydrogens is 361 g/mol. The van der Waals surface area contributed by atoms with E-state index in [1.807, 2.05) is 0 Å². The molecule has 0 bridgehead atoms. The van der Waals surface area contributed by atoms with E-state index in [4.69, 9.17) is 4.74 Å². The van der Waals surface area contributed by atoms with Gasteiger partial charge in [-0.3, -0.25) is 9.59 Å². The van der Waals surface area contributed by atoms with Gasteiger partial charge in [0.1, 0.15) is 0 Å². The molecule has 8 heteroatoms. The third-order valence-electron chi connectivity index (χ3n) is 3.71. The molecule has 0 heterocycles. The zero-order valence-corrected chi connectivity index (χ0v) is 14.6. The Labute approximate surface area is 154 Å². The Morgan fingerprint density at radius 1 is 1.00 bits per heavy atom. The average molecular weight is 380 g/mol. The van der Waals surface area contributed by atoms with Crippen LogP contribution in [0.1, 0.15) is 15.9 Å². The molecule has 0 aromatic heterocycles. The molecule has 5 nitrogen and oxygen atoms in total. The number of hydrogen-bond acceptors (Lipinski definition) is 3. The quantitative estimate of drug-likeness (QED) is 0.726. The van der Waals surface area contributed by atoms with E-state index in [9.17, 15) is 22.8 Å². The van der Waals surface area contributed by atoms with Gasteiger partial charge in [0.2, 0.25) is 5.91 Å². The Kier molecular flexibility index (Phi) is 6.95. The van der Waals surface area contributed by atoms with Crippen LogP contribution in [0.4, 0.5) is 13.2 Å². The normalized spacial score (nSPS) is 11.1. The van der Waals surface area contributed by atoms with Crippen LogP contribution in [0, 0.1) is 0 Å². The molecule has 2 N–H and O–H groups in total. The van der Waals surface area contributed by atoms with Gasteiger partial charge in [0, 0.05) is 19.2 Å². The van der Waals surface area contributed by atoms with Gasteiger partial charge < -0.3 is 15.4 Å². The van der Waals surface area contributed by atoms with Crippen molar-refractivity contribution in [2.45, 2.75) is 6.18 Å². The monoisotopic (exact) mass is 380 g/mol. The highest BCUT2D eigenvalue weighted by Gasteiger charge is 2.29. The summed E-state index contributed by atoms with van der Waals surface area (Å²) in [4.78, 5) is 23.8. The molecule has 2 rings (SSSR count). The second-order valence-electron chi connectivity index (χ2n) is 5.68. The van der Waals surface area contributed by atoms with Gasteiger partial charge in [-0.05, 0) is 35.4 Å². The SMILES string of the molecule is COCCNC(=O)CNC(=O)c1cccc(-c2ccc(C(F)(F)F)cc2)c1. The van der Waals surface area contributed by atoms with E-state index in [1.165, 1.54) is 19.2 Å². The molecule has 0 unspecified atom stereocenters. The van der Waals surface area contributed by atoms with Gasteiger partial charge in [-0.15, -0.1) is 0 Å². The van der Waals surface area contributed by atoms with Crippen LogP contribution in [0.25, 0.3) is 11.1 Å². The minimum Gasteiger partial charge on any atom is -0.383 e. The Hall–Kier alpha value is -2.87. The number of amides is 2. The summed E-state index contributed by atoms with van der Waals surface area (Å²) in [5, 5.41) is 5.07. The number of carbonyl (C=O) groups is 2. The molecule has 0 saturated carbocycles. The van der Waals surface area contributed by atoms with E-state index >= 15 is 0 Å². The van der Waals surface area contributed by atoms with Crippen molar-refractivity contribution in [2.24, 2.45) is 0 Å². The molecule has 2 amide bonds. The first-order chi connectivity index (χ1) is 12.8. The minimum atomic E-state index is -4.40. The van der Waals surface area contributed by atoms with Gasteiger partial charge in [0.25, 0.3) is 5.91 Å². The summed E-state index contributed by atoms with van der Waals surface area (Å²) >= 11 is 0. The second kappa shape index (κ2) is 9.18.